The molecule has 0 unspecified atom stereocenters. The molecule has 0 aliphatic rings. The molecule has 1 heterocycles. The van der Waals surface area contributed by atoms with Crippen molar-refractivity contribution in [1.29, 1.82) is 0 Å². The molecule has 3 aromatic rings. The smallest absolute Gasteiger partial charge is 0.404 e. The zero-order valence-electron chi connectivity index (χ0n) is 13.5. The van der Waals surface area contributed by atoms with Gasteiger partial charge in [0.25, 0.3) is 0 Å². The summed E-state index contributed by atoms with van der Waals surface area (Å²) in [4.78, 5) is 10.6. The van der Waals surface area contributed by atoms with E-state index in [4.69, 9.17) is 10.3 Å². The van der Waals surface area contributed by atoms with Crippen LogP contribution in [0.1, 0.15) is 11.3 Å². The highest BCUT2D eigenvalue weighted by Crippen LogP contribution is 2.22. The summed E-state index contributed by atoms with van der Waals surface area (Å²) < 4.78 is 36.0. The maximum Gasteiger partial charge on any atom is 0.404 e. The number of rotatable bonds is 6. The molecule has 1 aromatic heterocycles. The maximum atomic E-state index is 13.2. The Morgan fingerprint density at radius 1 is 1.12 bits per heavy atom. The number of benzene rings is 2. The molecule has 0 fully saturated rings. The van der Waals surface area contributed by atoms with E-state index in [1.54, 1.807) is 18.2 Å². The van der Waals surface area contributed by atoms with E-state index in [1.165, 1.54) is 12.1 Å². The third-order valence-corrected chi connectivity index (χ3v) is 3.52. The molecule has 3 rings (SSSR count). The summed E-state index contributed by atoms with van der Waals surface area (Å²) in [5, 5.41) is 6.98. The highest BCUT2D eigenvalue weighted by atomic mass is 19.1. The fourth-order valence-corrected chi connectivity index (χ4v) is 2.34. The van der Waals surface area contributed by atoms with E-state index >= 15 is 0 Å². The largest absolute Gasteiger partial charge is 0.441 e. The molecule has 1 amide bonds. The van der Waals surface area contributed by atoms with Gasteiger partial charge >= 0.3 is 6.09 Å². The number of amides is 1. The fraction of sp³-hybridized carbons (Fsp3) is 0.111. The number of anilines is 1. The molecule has 8 heteroatoms. The van der Waals surface area contributed by atoms with Crippen LogP contribution in [-0.2, 0) is 17.9 Å². The van der Waals surface area contributed by atoms with Crippen molar-refractivity contribution in [2.24, 2.45) is 5.73 Å². The normalized spacial score (nSPS) is 10.5. The number of carbonyl (C=O) groups is 1. The van der Waals surface area contributed by atoms with Gasteiger partial charge in [0.1, 0.15) is 17.3 Å². The fourth-order valence-electron chi connectivity index (χ4n) is 2.34. The van der Waals surface area contributed by atoms with Crippen LogP contribution in [0.2, 0.25) is 0 Å². The van der Waals surface area contributed by atoms with Crippen LogP contribution in [-0.4, -0.2) is 11.2 Å². The predicted molar refractivity (Wildman–Crippen MR) is 90.0 cm³/mol. The van der Waals surface area contributed by atoms with Crippen molar-refractivity contribution in [2.45, 2.75) is 13.2 Å². The number of primary amides is 1. The molecular formula is C18H15F2N3O3. The van der Waals surface area contributed by atoms with E-state index in [0.717, 1.165) is 17.3 Å². The number of nitrogens with one attached hydrogen (secondary N) is 1. The van der Waals surface area contributed by atoms with Crippen LogP contribution in [0.4, 0.5) is 19.3 Å². The van der Waals surface area contributed by atoms with Gasteiger partial charge in [-0.2, -0.15) is 0 Å². The molecule has 0 spiro atoms. The van der Waals surface area contributed by atoms with Crippen molar-refractivity contribution in [1.82, 2.24) is 5.16 Å². The van der Waals surface area contributed by atoms with Gasteiger partial charge in [-0.3, -0.25) is 0 Å². The number of nitrogens with zero attached hydrogens (tertiary/aromatic N) is 1. The molecule has 0 bridgehead atoms. The van der Waals surface area contributed by atoms with Crippen LogP contribution >= 0.6 is 0 Å². The number of nitrogens with two attached hydrogens (primary N) is 1. The second kappa shape index (κ2) is 7.64. The first kappa shape index (κ1) is 17.4. The van der Waals surface area contributed by atoms with Crippen LogP contribution in [0.3, 0.4) is 0 Å². The number of hydrogen-bond donors (Lipinski definition) is 2. The summed E-state index contributed by atoms with van der Waals surface area (Å²) in [5.41, 5.74) is 7.54. The van der Waals surface area contributed by atoms with Gasteiger partial charge in [-0.05, 0) is 29.8 Å². The average Bonchev–Trinajstić information content (AvgIpc) is 3.07. The lowest BCUT2D eigenvalue weighted by Gasteiger charge is -2.07. The molecule has 0 saturated heterocycles. The van der Waals surface area contributed by atoms with E-state index < -0.39 is 17.7 Å². The monoisotopic (exact) mass is 359 g/mol. The van der Waals surface area contributed by atoms with E-state index in [-0.39, 0.29) is 13.2 Å². The Hall–Kier alpha value is -3.42. The van der Waals surface area contributed by atoms with Crippen LogP contribution < -0.4 is 11.1 Å². The Morgan fingerprint density at radius 3 is 2.46 bits per heavy atom. The lowest BCUT2D eigenvalue weighted by atomic mass is 10.1. The first-order valence-corrected chi connectivity index (χ1v) is 7.67. The van der Waals surface area contributed by atoms with Gasteiger partial charge in [0, 0.05) is 29.9 Å². The molecule has 134 valence electrons. The van der Waals surface area contributed by atoms with Crippen LogP contribution in [0, 0.1) is 11.6 Å². The third-order valence-electron chi connectivity index (χ3n) is 3.52. The minimum atomic E-state index is -0.892. The van der Waals surface area contributed by atoms with Crippen LogP contribution in [0.5, 0.6) is 0 Å². The van der Waals surface area contributed by atoms with Crippen molar-refractivity contribution < 1.29 is 22.8 Å². The lowest BCUT2D eigenvalue weighted by Crippen LogP contribution is -2.12. The van der Waals surface area contributed by atoms with Gasteiger partial charge in [-0.15, -0.1) is 0 Å². The van der Waals surface area contributed by atoms with Crippen molar-refractivity contribution in [3.63, 3.8) is 0 Å². The SMILES string of the molecule is NC(=O)OCc1cc(-c2ccc(NCc3cc(F)cc(F)c3)cc2)no1. The van der Waals surface area contributed by atoms with Crippen LogP contribution in [0.15, 0.2) is 53.1 Å². The first-order chi connectivity index (χ1) is 12.5. The molecule has 0 aliphatic carbocycles. The zero-order valence-corrected chi connectivity index (χ0v) is 13.5. The Bertz CT molecular complexity index is 890. The van der Waals surface area contributed by atoms with Gasteiger partial charge in [0.05, 0.1) is 0 Å². The molecular weight excluding hydrogens is 344 g/mol. The predicted octanol–water partition coefficient (Wildman–Crippen LogP) is 3.83. The second-order valence-corrected chi connectivity index (χ2v) is 5.49. The summed E-state index contributed by atoms with van der Waals surface area (Å²) >= 11 is 0. The summed E-state index contributed by atoms with van der Waals surface area (Å²) in [6, 6.07) is 12.2. The molecule has 0 atom stereocenters. The Morgan fingerprint density at radius 2 is 1.81 bits per heavy atom. The van der Waals surface area contributed by atoms with Crippen molar-refractivity contribution >= 4 is 11.8 Å². The van der Waals surface area contributed by atoms with Gasteiger partial charge < -0.3 is 20.3 Å². The summed E-state index contributed by atoms with van der Waals surface area (Å²) in [6.45, 7) is 0.193. The number of hydrogen-bond acceptors (Lipinski definition) is 5. The maximum absolute atomic E-state index is 13.2. The number of ether oxygens (including phenoxy) is 1. The Balaban J connectivity index is 1.62. The summed E-state index contributed by atoms with van der Waals surface area (Å²) in [7, 11) is 0. The molecule has 6 nitrogen and oxygen atoms in total. The molecule has 0 saturated carbocycles. The lowest BCUT2D eigenvalue weighted by molar-refractivity contribution is 0.137. The van der Waals surface area contributed by atoms with Crippen molar-refractivity contribution in [2.75, 3.05) is 5.32 Å². The Kier molecular flexibility index (Phi) is 5.12. The van der Waals surface area contributed by atoms with E-state index in [0.29, 0.717) is 17.0 Å². The zero-order chi connectivity index (χ0) is 18.5. The highest BCUT2D eigenvalue weighted by molar-refractivity contribution is 5.65. The number of halogens is 2. The van der Waals surface area contributed by atoms with E-state index in [2.05, 4.69) is 15.2 Å². The molecule has 0 radical (unpaired) electrons. The minimum Gasteiger partial charge on any atom is -0.441 e. The number of carbonyl (C=O) groups excluding carboxylic acids is 1. The summed E-state index contributed by atoms with van der Waals surface area (Å²) in [6.07, 6.45) is -0.892. The minimum absolute atomic E-state index is 0.0911. The van der Waals surface area contributed by atoms with Crippen molar-refractivity contribution in [3.8, 4) is 11.3 Å². The van der Waals surface area contributed by atoms with Gasteiger partial charge in [-0.1, -0.05) is 17.3 Å². The molecule has 0 aliphatic heterocycles. The van der Waals surface area contributed by atoms with E-state index in [1.807, 2.05) is 12.1 Å². The summed E-state index contributed by atoms with van der Waals surface area (Å²) in [5.74, 6) is -0.854. The molecule has 26 heavy (non-hydrogen) atoms. The highest BCUT2D eigenvalue weighted by Gasteiger charge is 2.08. The molecule has 2 aromatic carbocycles. The quantitative estimate of drug-likeness (QED) is 0.698. The second-order valence-electron chi connectivity index (χ2n) is 5.49. The van der Waals surface area contributed by atoms with Gasteiger partial charge in [0.2, 0.25) is 0 Å². The number of aromatic nitrogens is 1. The Labute approximate surface area is 147 Å². The average molecular weight is 359 g/mol. The van der Waals surface area contributed by atoms with Gasteiger partial charge in [0.15, 0.2) is 12.4 Å². The first-order valence-electron chi connectivity index (χ1n) is 7.67. The van der Waals surface area contributed by atoms with Crippen molar-refractivity contribution in [3.05, 3.63) is 71.5 Å². The van der Waals surface area contributed by atoms with Gasteiger partial charge in [-0.25, -0.2) is 13.6 Å². The molecule has 3 N–H and O–H groups in total. The van der Waals surface area contributed by atoms with Crippen LogP contribution in [0.25, 0.3) is 11.3 Å². The standard InChI is InChI=1S/C18H15F2N3O3/c19-13-5-11(6-14(20)7-13)9-22-15-3-1-12(2-4-15)17-8-16(26-23-17)10-25-18(21)24/h1-8,22H,9-10H2,(H2,21,24). The third kappa shape index (κ3) is 4.56. The van der Waals surface area contributed by atoms with E-state index in [9.17, 15) is 13.6 Å². The topological polar surface area (TPSA) is 90.4 Å².